The van der Waals surface area contributed by atoms with Crippen molar-refractivity contribution < 1.29 is 23.8 Å². The molecule has 2 unspecified atom stereocenters. The van der Waals surface area contributed by atoms with E-state index < -0.39 is 29.8 Å². The maximum Gasteiger partial charge on any atom is 0.319 e. The summed E-state index contributed by atoms with van der Waals surface area (Å²) >= 11 is 5.59. The van der Waals surface area contributed by atoms with Crippen molar-refractivity contribution >= 4 is 29.3 Å². The normalized spacial score (nSPS) is 21.5. The summed E-state index contributed by atoms with van der Waals surface area (Å²) in [5.74, 6) is -2.54. The molecule has 3 N–H and O–H groups in total. The Bertz CT molecular complexity index is 540. The van der Waals surface area contributed by atoms with Gasteiger partial charge in [0.05, 0.1) is 24.9 Å². The van der Waals surface area contributed by atoms with Crippen LogP contribution in [0.3, 0.4) is 0 Å². The Morgan fingerprint density at radius 3 is 2.80 bits per heavy atom. The van der Waals surface area contributed by atoms with E-state index in [1.807, 2.05) is 0 Å². The van der Waals surface area contributed by atoms with Gasteiger partial charge < -0.3 is 20.5 Å². The van der Waals surface area contributed by atoms with E-state index in [-0.39, 0.29) is 23.9 Å². The maximum atomic E-state index is 13.5. The van der Waals surface area contributed by atoms with Gasteiger partial charge in [0.25, 0.3) is 0 Å². The fourth-order valence-corrected chi connectivity index (χ4v) is 2.02. The minimum atomic E-state index is -1.05. The number of halogens is 2. The zero-order valence-corrected chi connectivity index (χ0v) is 11.0. The third-order valence-electron chi connectivity index (χ3n) is 2.89. The van der Waals surface area contributed by atoms with Gasteiger partial charge >= 0.3 is 12.0 Å². The molecule has 108 valence electrons. The summed E-state index contributed by atoms with van der Waals surface area (Å²) in [5, 5.41) is 13.9. The van der Waals surface area contributed by atoms with E-state index in [1.165, 1.54) is 12.1 Å². The van der Waals surface area contributed by atoms with Crippen LogP contribution in [0.25, 0.3) is 0 Å². The first kappa shape index (κ1) is 14.5. The van der Waals surface area contributed by atoms with Crippen molar-refractivity contribution in [3.05, 3.63) is 29.0 Å². The summed E-state index contributed by atoms with van der Waals surface area (Å²) in [7, 11) is 0. The number of ether oxygens (including phenoxy) is 1. The lowest BCUT2D eigenvalue weighted by molar-refractivity contribution is -0.142. The van der Waals surface area contributed by atoms with Crippen LogP contribution in [0.2, 0.25) is 5.02 Å². The standard InChI is InChI=1S/C12H12ClFN2O4/c13-6-1-2-9(8(14)3-6)15-12(19)16-10-5-20-4-7(10)11(17)18/h1-3,7,10H,4-5H2,(H,17,18)(H2,15,16,19). The second-order valence-corrected chi connectivity index (χ2v) is 4.75. The molecule has 1 heterocycles. The first-order valence-corrected chi connectivity index (χ1v) is 6.18. The Hall–Kier alpha value is -1.86. The molecule has 2 rings (SSSR count). The second-order valence-electron chi connectivity index (χ2n) is 4.31. The Morgan fingerprint density at radius 1 is 1.40 bits per heavy atom. The smallest absolute Gasteiger partial charge is 0.319 e. The molecule has 0 saturated carbocycles. The van der Waals surface area contributed by atoms with Gasteiger partial charge in [0.2, 0.25) is 0 Å². The summed E-state index contributed by atoms with van der Waals surface area (Å²) in [5.41, 5.74) is -0.0438. The molecule has 0 aromatic heterocycles. The van der Waals surface area contributed by atoms with Gasteiger partial charge in [-0.2, -0.15) is 0 Å². The average Bonchev–Trinajstić information content (AvgIpc) is 2.81. The Balaban J connectivity index is 1.97. The highest BCUT2D eigenvalue weighted by molar-refractivity contribution is 6.30. The van der Waals surface area contributed by atoms with Crippen molar-refractivity contribution in [2.24, 2.45) is 5.92 Å². The summed E-state index contributed by atoms with van der Waals surface area (Å²) in [6.07, 6.45) is 0. The minimum Gasteiger partial charge on any atom is -0.481 e. The van der Waals surface area contributed by atoms with Gasteiger partial charge in [0, 0.05) is 5.02 Å². The maximum absolute atomic E-state index is 13.5. The number of nitrogens with one attached hydrogen (secondary N) is 2. The molecule has 1 fully saturated rings. The molecular formula is C12H12ClFN2O4. The van der Waals surface area contributed by atoms with Crippen molar-refractivity contribution in [3.63, 3.8) is 0 Å². The number of urea groups is 1. The fourth-order valence-electron chi connectivity index (χ4n) is 1.86. The minimum absolute atomic E-state index is 0.0373. The number of carbonyl (C=O) groups is 2. The van der Waals surface area contributed by atoms with Crippen LogP contribution in [0.4, 0.5) is 14.9 Å². The van der Waals surface area contributed by atoms with Gasteiger partial charge in [-0.1, -0.05) is 11.6 Å². The van der Waals surface area contributed by atoms with Gasteiger partial charge in [-0.15, -0.1) is 0 Å². The number of benzene rings is 1. The van der Waals surface area contributed by atoms with Gasteiger partial charge in [0.1, 0.15) is 11.7 Å². The highest BCUT2D eigenvalue weighted by Crippen LogP contribution is 2.19. The molecule has 6 nitrogen and oxygen atoms in total. The number of carboxylic acid groups (broad SMARTS) is 1. The van der Waals surface area contributed by atoms with Crippen LogP contribution in [0.1, 0.15) is 0 Å². The third-order valence-corrected chi connectivity index (χ3v) is 3.13. The molecular weight excluding hydrogens is 291 g/mol. The SMILES string of the molecule is O=C(Nc1ccc(Cl)cc1F)NC1COCC1C(=O)O. The molecule has 0 radical (unpaired) electrons. The average molecular weight is 303 g/mol. The van der Waals surface area contributed by atoms with Crippen LogP contribution in [-0.2, 0) is 9.53 Å². The third kappa shape index (κ3) is 3.37. The van der Waals surface area contributed by atoms with Crippen molar-refractivity contribution in [1.82, 2.24) is 5.32 Å². The lowest BCUT2D eigenvalue weighted by atomic mass is 10.0. The van der Waals surface area contributed by atoms with E-state index in [4.69, 9.17) is 21.4 Å². The number of aliphatic carboxylic acids is 1. The molecule has 1 aliphatic rings. The van der Waals surface area contributed by atoms with Crippen molar-refractivity contribution in [1.29, 1.82) is 0 Å². The van der Waals surface area contributed by atoms with Crippen LogP contribution in [0.5, 0.6) is 0 Å². The van der Waals surface area contributed by atoms with Gasteiger partial charge in [-0.3, -0.25) is 4.79 Å². The quantitative estimate of drug-likeness (QED) is 0.793. The molecule has 2 atom stereocenters. The van der Waals surface area contributed by atoms with E-state index in [0.29, 0.717) is 0 Å². The second kappa shape index (κ2) is 6.06. The molecule has 1 aromatic carbocycles. The van der Waals surface area contributed by atoms with E-state index in [2.05, 4.69) is 10.6 Å². The monoisotopic (exact) mass is 302 g/mol. The number of carboxylic acids is 1. The zero-order valence-electron chi connectivity index (χ0n) is 10.2. The predicted octanol–water partition coefficient (Wildman–Crippen LogP) is 1.70. The Labute approximate surface area is 118 Å². The largest absolute Gasteiger partial charge is 0.481 e. The van der Waals surface area contributed by atoms with Crippen molar-refractivity contribution in [2.75, 3.05) is 18.5 Å². The molecule has 1 aliphatic heterocycles. The lowest BCUT2D eigenvalue weighted by Gasteiger charge is -2.16. The van der Waals surface area contributed by atoms with E-state index in [0.717, 1.165) is 6.07 Å². The first-order valence-electron chi connectivity index (χ1n) is 5.80. The highest BCUT2D eigenvalue weighted by Gasteiger charge is 2.35. The topological polar surface area (TPSA) is 87.7 Å². The number of hydrogen-bond acceptors (Lipinski definition) is 3. The Kier molecular flexibility index (Phi) is 4.41. The molecule has 8 heteroatoms. The number of amides is 2. The number of rotatable bonds is 3. The van der Waals surface area contributed by atoms with Crippen LogP contribution in [0.15, 0.2) is 18.2 Å². The summed E-state index contributed by atoms with van der Waals surface area (Å²) in [6, 6.07) is 2.46. The number of hydrogen-bond donors (Lipinski definition) is 3. The Morgan fingerprint density at radius 2 is 2.15 bits per heavy atom. The molecule has 0 spiro atoms. The van der Waals surface area contributed by atoms with Gasteiger partial charge in [-0.25, -0.2) is 9.18 Å². The van der Waals surface area contributed by atoms with Crippen LogP contribution in [-0.4, -0.2) is 36.4 Å². The van der Waals surface area contributed by atoms with Crippen molar-refractivity contribution in [3.8, 4) is 0 Å². The van der Waals surface area contributed by atoms with Crippen LogP contribution in [0, 0.1) is 11.7 Å². The summed E-state index contributed by atoms with van der Waals surface area (Å²) < 4.78 is 18.5. The predicted molar refractivity (Wildman–Crippen MR) is 69.3 cm³/mol. The van der Waals surface area contributed by atoms with Gasteiger partial charge in [-0.05, 0) is 18.2 Å². The molecule has 20 heavy (non-hydrogen) atoms. The molecule has 0 bridgehead atoms. The fraction of sp³-hybridized carbons (Fsp3) is 0.333. The molecule has 1 aromatic rings. The lowest BCUT2D eigenvalue weighted by Crippen LogP contribution is -2.44. The van der Waals surface area contributed by atoms with Crippen LogP contribution >= 0.6 is 11.6 Å². The number of carbonyl (C=O) groups excluding carboxylic acids is 1. The van der Waals surface area contributed by atoms with Crippen molar-refractivity contribution in [2.45, 2.75) is 6.04 Å². The van der Waals surface area contributed by atoms with E-state index in [1.54, 1.807) is 0 Å². The summed E-state index contributed by atoms with van der Waals surface area (Å²) in [6.45, 7) is 0.142. The summed E-state index contributed by atoms with van der Waals surface area (Å²) in [4.78, 5) is 22.6. The molecule has 1 saturated heterocycles. The van der Waals surface area contributed by atoms with E-state index >= 15 is 0 Å². The van der Waals surface area contributed by atoms with Crippen LogP contribution < -0.4 is 10.6 Å². The van der Waals surface area contributed by atoms with Gasteiger partial charge in [0.15, 0.2) is 0 Å². The molecule has 2 amide bonds. The van der Waals surface area contributed by atoms with E-state index in [9.17, 15) is 14.0 Å². The first-order chi connectivity index (χ1) is 9.47. The number of anilines is 1. The highest BCUT2D eigenvalue weighted by atomic mass is 35.5. The zero-order chi connectivity index (χ0) is 14.7. The molecule has 0 aliphatic carbocycles.